The summed E-state index contributed by atoms with van der Waals surface area (Å²) in [5.74, 6) is 0. The number of hydrogen-bond acceptors (Lipinski definition) is 3. The van der Waals surface area contributed by atoms with Gasteiger partial charge >= 0.3 is 0 Å². The molecule has 1 saturated heterocycles. The summed E-state index contributed by atoms with van der Waals surface area (Å²) in [6, 6.07) is 9.44. The van der Waals surface area contributed by atoms with Crippen LogP contribution in [0.3, 0.4) is 0 Å². The van der Waals surface area contributed by atoms with E-state index in [1.807, 2.05) is 30.3 Å². The minimum Gasteiger partial charge on any atom is -0.329 e. The van der Waals surface area contributed by atoms with Crippen molar-refractivity contribution in [2.75, 3.05) is 13.1 Å². The largest absolute Gasteiger partial charge is 0.329 e. The van der Waals surface area contributed by atoms with Gasteiger partial charge in [0.25, 0.3) is 10.2 Å². The standard InChI is InChI=1S/C13H21N3O2S/c14-10-13-8-4-5-9-16(13)19(17,18)15-11-12-6-2-1-3-7-12/h1-3,6-7,13,15H,4-5,8-11,14H2. The number of rotatable bonds is 5. The molecule has 0 aliphatic carbocycles. The van der Waals surface area contributed by atoms with E-state index in [2.05, 4.69) is 4.72 Å². The third-order valence-electron chi connectivity index (χ3n) is 3.46. The lowest BCUT2D eigenvalue weighted by Crippen LogP contribution is -2.51. The van der Waals surface area contributed by atoms with E-state index in [0.717, 1.165) is 24.8 Å². The maximum Gasteiger partial charge on any atom is 0.280 e. The number of nitrogens with one attached hydrogen (secondary N) is 1. The Morgan fingerprint density at radius 1 is 1.26 bits per heavy atom. The first-order valence-electron chi connectivity index (χ1n) is 6.64. The molecule has 19 heavy (non-hydrogen) atoms. The Labute approximate surface area is 115 Å². The summed E-state index contributed by atoms with van der Waals surface area (Å²) in [4.78, 5) is 0. The Morgan fingerprint density at radius 2 is 2.00 bits per heavy atom. The van der Waals surface area contributed by atoms with Gasteiger partial charge in [-0.25, -0.2) is 0 Å². The van der Waals surface area contributed by atoms with Crippen molar-refractivity contribution in [2.45, 2.75) is 31.8 Å². The van der Waals surface area contributed by atoms with E-state index in [1.165, 1.54) is 4.31 Å². The Balaban J connectivity index is 2.01. The number of benzene rings is 1. The summed E-state index contributed by atoms with van der Waals surface area (Å²) >= 11 is 0. The molecule has 106 valence electrons. The van der Waals surface area contributed by atoms with Crippen LogP contribution in [0.25, 0.3) is 0 Å². The van der Waals surface area contributed by atoms with E-state index in [1.54, 1.807) is 0 Å². The molecule has 1 fully saturated rings. The third-order valence-corrected chi connectivity index (χ3v) is 5.06. The molecule has 0 spiro atoms. The fraction of sp³-hybridized carbons (Fsp3) is 0.538. The van der Waals surface area contributed by atoms with Crippen LogP contribution in [0.5, 0.6) is 0 Å². The molecule has 6 heteroatoms. The van der Waals surface area contributed by atoms with E-state index in [0.29, 0.717) is 19.6 Å². The smallest absolute Gasteiger partial charge is 0.280 e. The first-order chi connectivity index (χ1) is 9.13. The molecule has 0 radical (unpaired) electrons. The van der Waals surface area contributed by atoms with Gasteiger partial charge in [-0.2, -0.15) is 17.4 Å². The van der Waals surface area contributed by atoms with Crippen LogP contribution in [0.15, 0.2) is 30.3 Å². The molecular formula is C13H21N3O2S. The SMILES string of the molecule is NCC1CCCCN1S(=O)(=O)NCc1ccccc1. The lowest BCUT2D eigenvalue weighted by molar-refractivity contribution is 0.254. The molecule has 0 aromatic heterocycles. The maximum absolute atomic E-state index is 12.3. The molecule has 1 aromatic rings. The first kappa shape index (κ1) is 14.5. The molecule has 1 aliphatic rings. The van der Waals surface area contributed by atoms with Gasteiger partial charge in [0.2, 0.25) is 0 Å². The van der Waals surface area contributed by atoms with Crippen LogP contribution in [0, 0.1) is 0 Å². The van der Waals surface area contributed by atoms with Crippen molar-refractivity contribution in [3.63, 3.8) is 0 Å². The lowest BCUT2D eigenvalue weighted by atomic mass is 10.1. The average molecular weight is 283 g/mol. The van der Waals surface area contributed by atoms with Crippen LogP contribution >= 0.6 is 0 Å². The molecule has 1 unspecified atom stereocenters. The quantitative estimate of drug-likeness (QED) is 0.840. The minimum atomic E-state index is -3.44. The lowest BCUT2D eigenvalue weighted by Gasteiger charge is -2.33. The molecule has 0 bridgehead atoms. The van der Waals surface area contributed by atoms with E-state index in [9.17, 15) is 8.42 Å². The van der Waals surface area contributed by atoms with Crippen LogP contribution in [0.1, 0.15) is 24.8 Å². The van der Waals surface area contributed by atoms with Crippen molar-refractivity contribution in [3.8, 4) is 0 Å². The number of nitrogens with zero attached hydrogens (tertiary/aromatic N) is 1. The second kappa shape index (κ2) is 6.47. The zero-order valence-corrected chi connectivity index (χ0v) is 11.8. The number of piperidine rings is 1. The van der Waals surface area contributed by atoms with Crippen LogP contribution < -0.4 is 10.5 Å². The summed E-state index contributed by atoms with van der Waals surface area (Å²) in [6.07, 6.45) is 2.80. The van der Waals surface area contributed by atoms with Gasteiger partial charge in [0.15, 0.2) is 0 Å². The van der Waals surface area contributed by atoms with Crippen molar-refractivity contribution in [1.29, 1.82) is 0 Å². The third kappa shape index (κ3) is 3.76. The normalized spacial score (nSPS) is 21.4. The number of hydrogen-bond donors (Lipinski definition) is 2. The van der Waals surface area contributed by atoms with Gasteiger partial charge < -0.3 is 5.73 Å². The fourth-order valence-electron chi connectivity index (χ4n) is 2.38. The summed E-state index contributed by atoms with van der Waals surface area (Å²) < 4.78 is 28.7. The van der Waals surface area contributed by atoms with E-state index < -0.39 is 10.2 Å². The molecule has 1 aliphatic heterocycles. The molecule has 3 N–H and O–H groups in total. The predicted octanol–water partition coefficient (Wildman–Crippen LogP) is 0.834. The van der Waals surface area contributed by atoms with E-state index in [4.69, 9.17) is 5.73 Å². The summed E-state index contributed by atoms with van der Waals surface area (Å²) in [7, 11) is -3.44. The Hall–Kier alpha value is -0.950. The predicted molar refractivity (Wildman–Crippen MR) is 75.6 cm³/mol. The van der Waals surface area contributed by atoms with Crippen LogP contribution in [-0.4, -0.2) is 31.9 Å². The van der Waals surface area contributed by atoms with Crippen LogP contribution in [0.2, 0.25) is 0 Å². The van der Waals surface area contributed by atoms with Gasteiger partial charge in [0.05, 0.1) is 0 Å². The molecule has 0 saturated carbocycles. The zero-order chi connectivity index (χ0) is 13.7. The summed E-state index contributed by atoms with van der Waals surface area (Å²) in [5.41, 5.74) is 6.61. The fourth-order valence-corrected chi connectivity index (χ4v) is 3.85. The number of nitrogens with two attached hydrogens (primary N) is 1. The van der Waals surface area contributed by atoms with Gasteiger partial charge in [-0.3, -0.25) is 0 Å². The zero-order valence-electron chi connectivity index (χ0n) is 11.0. The van der Waals surface area contributed by atoms with Crippen molar-refractivity contribution in [2.24, 2.45) is 5.73 Å². The van der Waals surface area contributed by atoms with Crippen LogP contribution in [-0.2, 0) is 16.8 Å². The van der Waals surface area contributed by atoms with Crippen molar-refractivity contribution >= 4 is 10.2 Å². The topological polar surface area (TPSA) is 75.4 Å². The van der Waals surface area contributed by atoms with Crippen molar-refractivity contribution < 1.29 is 8.42 Å². The highest BCUT2D eigenvalue weighted by Crippen LogP contribution is 2.19. The van der Waals surface area contributed by atoms with Gasteiger partial charge in [-0.05, 0) is 18.4 Å². The Kier molecular flexibility index (Phi) is 4.93. The van der Waals surface area contributed by atoms with Gasteiger partial charge in [-0.1, -0.05) is 36.8 Å². The molecule has 0 amide bonds. The first-order valence-corrected chi connectivity index (χ1v) is 8.08. The summed E-state index contributed by atoms with van der Waals surface area (Å²) in [6.45, 7) is 1.26. The van der Waals surface area contributed by atoms with Crippen molar-refractivity contribution in [1.82, 2.24) is 9.03 Å². The summed E-state index contributed by atoms with van der Waals surface area (Å²) in [5, 5.41) is 0. The average Bonchev–Trinajstić information content (AvgIpc) is 2.46. The molecule has 1 aromatic carbocycles. The highest BCUT2D eigenvalue weighted by molar-refractivity contribution is 7.87. The van der Waals surface area contributed by atoms with Gasteiger partial charge in [-0.15, -0.1) is 0 Å². The Bertz CT molecular complexity index is 490. The second-order valence-electron chi connectivity index (χ2n) is 4.81. The van der Waals surface area contributed by atoms with Gasteiger partial charge in [0, 0.05) is 25.7 Å². The van der Waals surface area contributed by atoms with Crippen molar-refractivity contribution in [3.05, 3.63) is 35.9 Å². The monoisotopic (exact) mass is 283 g/mol. The molecule has 1 heterocycles. The minimum absolute atomic E-state index is 0.0676. The van der Waals surface area contributed by atoms with Gasteiger partial charge in [0.1, 0.15) is 0 Å². The van der Waals surface area contributed by atoms with Crippen LogP contribution in [0.4, 0.5) is 0 Å². The highest BCUT2D eigenvalue weighted by Gasteiger charge is 2.30. The van der Waals surface area contributed by atoms with E-state index >= 15 is 0 Å². The molecule has 2 rings (SSSR count). The maximum atomic E-state index is 12.3. The Morgan fingerprint density at radius 3 is 2.68 bits per heavy atom. The highest BCUT2D eigenvalue weighted by atomic mass is 32.2. The second-order valence-corrected chi connectivity index (χ2v) is 6.52. The molecule has 5 nitrogen and oxygen atoms in total. The molecular weight excluding hydrogens is 262 g/mol. The molecule has 1 atom stereocenters. The van der Waals surface area contributed by atoms with E-state index in [-0.39, 0.29) is 6.04 Å².